The number of carbonyl (C=O) groups is 1. The van der Waals surface area contributed by atoms with Crippen LogP contribution in [0, 0.1) is 5.41 Å². The lowest BCUT2D eigenvalue weighted by Crippen LogP contribution is -2.23. The summed E-state index contributed by atoms with van der Waals surface area (Å²) in [5.74, 6) is -0.724. The Balaban J connectivity index is 3.12. The Morgan fingerprint density at radius 1 is 0.909 bits per heavy atom. The molecule has 0 heterocycles. The molecular weight excluding hydrogens is 314 g/mol. The molecule has 1 rings (SSSR count). The average Bonchev–Trinajstić information content (AvgIpc) is 2.32. The summed E-state index contributed by atoms with van der Waals surface area (Å²) >= 11 is 0. The van der Waals surface area contributed by atoms with Crippen LogP contribution in [-0.2, 0) is 28.5 Å². The highest BCUT2D eigenvalue weighted by Crippen LogP contribution is 2.36. The second-order valence-electron chi connectivity index (χ2n) is 5.74. The van der Waals surface area contributed by atoms with Crippen LogP contribution in [-0.4, -0.2) is 5.97 Å². The molecular formula is C14H14F6O2. The van der Waals surface area contributed by atoms with Crippen molar-refractivity contribution in [2.45, 2.75) is 39.7 Å². The highest BCUT2D eigenvalue weighted by Gasteiger charge is 2.37. The topological polar surface area (TPSA) is 26.3 Å². The average molecular weight is 328 g/mol. The molecule has 0 bridgehead atoms. The maximum absolute atomic E-state index is 12.6. The molecule has 0 fully saturated rings. The minimum absolute atomic E-state index is 0.0229. The molecule has 0 spiro atoms. The van der Waals surface area contributed by atoms with Gasteiger partial charge in [0.25, 0.3) is 0 Å². The van der Waals surface area contributed by atoms with E-state index in [1.807, 2.05) is 0 Å². The third kappa shape index (κ3) is 4.92. The molecule has 0 aliphatic carbocycles. The summed E-state index contributed by atoms with van der Waals surface area (Å²) in [5.41, 5.74) is -4.16. The van der Waals surface area contributed by atoms with Crippen LogP contribution in [0.4, 0.5) is 26.3 Å². The van der Waals surface area contributed by atoms with Gasteiger partial charge in [-0.05, 0) is 44.5 Å². The lowest BCUT2D eigenvalue weighted by atomic mass is 9.97. The fourth-order valence-corrected chi connectivity index (χ4v) is 1.47. The Labute approximate surface area is 123 Å². The van der Waals surface area contributed by atoms with E-state index in [-0.39, 0.29) is 11.6 Å². The van der Waals surface area contributed by atoms with Gasteiger partial charge in [-0.3, -0.25) is 4.79 Å². The van der Waals surface area contributed by atoms with Crippen molar-refractivity contribution in [1.82, 2.24) is 0 Å². The van der Waals surface area contributed by atoms with Gasteiger partial charge in [0.2, 0.25) is 0 Å². The summed E-state index contributed by atoms with van der Waals surface area (Å²) in [7, 11) is 0. The zero-order valence-corrected chi connectivity index (χ0v) is 12.0. The van der Waals surface area contributed by atoms with E-state index in [0.29, 0.717) is 12.1 Å². The predicted octanol–water partition coefficient (Wildman–Crippen LogP) is 4.81. The molecule has 0 unspecified atom stereocenters. The summed E-state index contributed by atoms with van der Waals surface area (Å²) in [6.07, 6.45) is -9.85. The van der Waals surface area contributed by atoms with Gasteiger partial charge in [0.15, 0.2) is 0 Å². The maximum Gasteiger partial charge on any atom is 0.416 e. The molecule has 8 heteroatoms. The van der Waals surface area contributed by atoms with Crippen molar-refractivity contribution in [1.29, 1.82) is 0 Å². The maximum atomic E-state index is 12.6. The Bertz CT molecular complexity index is 520. The van der Waals surface area contributed by atoms with E-state index in [4.69, 9.17) is 4.74 Å². The van der Waals surface area contributed by atoms with Crippen molar-refractivity contribution in [3.05, 3.63) is 34.9 Å². The fraction of sp³-hybridized carbons (Fsp3) is 0.500. The first-order valence-electron chi connectivity index (χ1n) is 6.17. The highest BCUT2D eigenvalue weighted by molar-refractivity contribution is 5.75. The molecule has 0 amide bonds. The number of rotatable bonds is 2. The third-order valence-corrected chi connectivity index (χ3v) is 2.63. The number of alkyl halides is 6. The standard InChI is InChI=1S/C14H14F6O2/c1-12(2,3)11(21)22-7-8-4-9(13(15,16)17)6-10(5-8)14(18,19)20/h4-6H,7H2,1-3H3. The van der Waals surface area contributed by atoms with Crippen LogP contribution in [0.2, 0.25) is 0 Å². The molecule has 124 valence electrons. The van der Waals surface area contributed by atoms with Crippen LogP contribution in [0.25, 0.3) is 0 Å². The smallest absolute Gasteiger partial charge is 0.416 e. The normalized spacial score (nSPS) is 13.1. The first-order chi connectivity index (χ1) is 9.71. The van der Waals surface area contributed by atoms with Gasteiger partial charge < -0.3 is 4.74 Å². The number of ether oxygens (including phenoxy) is 1. The summed E-state index contributed by atoms with van der Waals surface area (Å²) in [5, 5.41) is 0. The van der Waals surface area contributed by atoms with Crippen molar-refractivity contribution in [3.8, 4) is 0 Å². The van der Waals surface area contributed by atoms with Crippen LogP contribution in [0.1, 0.15) is 37.5 Å². The van der Waals surface area contributed by atoms with Crippen molar-refractivity contribution in [2.75, 3.05) is 0 Å². The summed E-state index contributed by atoms with van der Waals surface area (Å²) in [6.45, 7) is 3.89. The Morgan fingerprint density at radius 2 is 1.32 bits per heavy atom. The quantitative estimate of drug-likeness (QED) is 0.575. The molecule has 0 radical (unpaired) electrons. The number of benzene rings is 1. The second kappa shape index (κ2) is 5.81. The number of carbonyl (C=O) groups excluding carboxylic acids is 1. The molecule has 0 aliphatic heterocycles. The fourth-order valence-electron chi connectivity index (χ4n) is 1.47. The van der Waals surface area contributed by atoms with E-state index in [0.717, 1.165) is 0 Å². The van der Waals surface area contributed by atoms with Crippen molar-refractivity contribution in [3.63, 3.8) is 0 Å². The van der Waals surface area contributed by atoms with E-state index in [1.165, 1.54) is 20.8 Å². The zero-order valence-electron chi connectivity index (χ0n) is 12.0. The molecule has 22 heavy (non-hydrogen) atoms. The Morgan fingerprint density at radius 3 is 1.64 bits per heavy atom. The summed E-state index contributed by atoms with van der Waals surface area (Å²) in [4.78, 5) is 11.5. The molecule has 0 atom stereocenters. The van der Waals surface area contributed by atoms with E-state index < -0.39 is 41.5 Å². The lowest BCUT2D eigenvalue weighted by Gasteiger charge is -2.18. The van der Waals surface area contributed by atoms with Gasteiger partial charge in [-0.1, -0.05) is 0 Å². The predicted molar refractivity (Wildman–Crippen MR) is 65.7 cm³/mol. The number of halogens is 6. The summed E-state index contributed by atoms with van der Waals surface area (Å²) < 4.78 is 80.6. The van der Waals surface area contributed by atoms with Gasteiger partial charge in [0.05, 0.1) is 16.5 Å². The number of hydrogen-bond donors (Lipinski definition) is 0. The number of esters is 1. The Hall–Kier alpha value is -1.73. The van der Waals surface area contributed by atoms with Crippen LogP contribution in [0.15, 0.2) is 18.2 Å². The zero-order chi connectivity index (χ0) is 17.3. The van der Waals surface area contributed by atoms with Gasteiger partial charge in [-0.25, -0.2) is 0 Å². The van der Waals surface area contributed by atoms with E-state index in [9.17, 15) is 31.1 Å². The second-order valence-corrected chi connectivity index (χ2v) is 5.74. The van der Waals surface area contributed by atoms with Gasteiger partial charge >= 0.3 is 18.3 Å². The van der Waals surface area contributed by atoms with E-state index in [2.05, 4.69) is 0 Å². The molecule has 2 nitrogen and oxygen atoms in total. The van der Waals surface area contributed by atoms with Crippen molar-refractivity contribution in [2.24, 2.45) is 5.41 Å². The summed E-state index contributed by atoms with van der Waals surface area (Å²) in [6, 6.07) is 1.09. The van der Waals surface area contributed by atoms with E-state index >= 15 is 0 Å². The first-order valence-corrected chi connectivity index (χ1v) is 6.17. The molecule has 0 saturated heterocycles. The SMILES string of the molecule is CC(C)(C)C(=O)OCc1cc(C(F)(F)F)cc(C(F)(F)F)c1. The first kappa shape index (κ1) is 18.3. The minimum Gasteiger partial charge on any atom is -0.460 e. The molecule has 0 N–H and O–H groups in total. The minimum atomic E-state index is -4.93. The van der Waals surface area contributed by atoms with Crippen LogP contribution >= 0.6 is 0 Å². The Kier molecular flexibility index (Phi) is 4.84. The van der Waals surface area contributed by atoms with Gasteiger partial charge in [0.1, 0.15) is 6.61 Å². The molecule has 1 aromatic rings. The molecule has 0 saturated carbocycles. The van der Waals surface area contributed by atoms with Crippen LogP contribution in [0.3, 0.4) is 0 Å². The van der Waals surface area contributed by atoms with Crippen molar-refractivity contribution < 1.29 is 35.9 Å². The molecule has 0 aromatic heterocycles. The lowest BCUT2D eigenvalue weighted by molar-refractivity contribution is -0.154. The third-order valence-electron chi connectivity index (χ3n) is 2.63. The molecule has 1 aromatic carbocycles. The van der Waals surface area contributed by atoms with Crippen LogP contribution < -0.4 is 0 Å². The number of hydrogen-bond acceptors (Lipinski definition) is 2. The molecule has 0 aliphatic rings. The van der Waals surface area contributed by atoms with E-state index in [1.54, 1.807) is 0 Å². The van der Waals surface area contributed by atoms with Crippen molar-refractivity contribution >= 4 is 5.97 Å². The monoisotopic (exact) mass is 328 g/mol. The van der Waals surface area contributed by atoms with Gasteiger partial charge in [0, 0.05) is 0 Å². The highest BCUT2D eigenvalue weighted by atomic mass is 19.4. The van der Waals surface area contributed by atoms with Crippen LogP contribution in [0.5, 0.6) is 0 Å². The largest absolute Gasteiger partial charge is 0.460 e. The van der Waals surface area contributed by atoms with Gasteiger partial charge in [-0.15, -0.1) is 0 Å². The van der Waals surface area contributed by atoms with Gasteiger partial charge in [-0.2, -0.15) is 26.3 Å².